The number of fused-ring (bicyclic) bond motifs is 1. The van der Waals surface area contributed by atoms with Gasteiger partial charge in [0.15, 0.2) is 0 Å². The number of nitrogens with zero attached hydrogens (tertiary/aromatic N) is 4. The lowest BCUT2D eigenvalue weighted by molar-refractivity contribution is -0.112. The summed E-state index contributed by atoms with van der Waals surface area (Å²) < 4.78 is 19.9. The predicted molar refractivity (Wildman–Crippen MR) is 167 cm³/mol. The van der Waals surface area contributed by atoms with E-state index < -0.39 is 29.4 Å². The smallest absolute Gasteiger partial charge is 0.410 e. The molecule has 0 spiro atoms. The highest BCUT2D eigenvalue weighted by molar-refractivity contribution is 6.42. The van der Waals surface area contributed by atoms with Gasteiger partial charge in [0.05, 0.1) is 16.8 Å². The zero-order valence-electron chi connectivity index (χ0n) is 26.7. The summed E-state index contributed by atoms with van der Waals surface area (Å²) in [5, 5.41) is 2.97. The van der Waals surface area contributed by atoms with Gasteiger partial charge in [-0.25, -0.2) is 18.9 Å². The number of imide groups is 1. The number of rotatable bonds is 7. The molecule has 1 aromatic carbocycles. The van der Waals surface area contributed by atoms with E-state index in [-0.39, 0.29) is 48.9 Å². The molecule has 11 nitrogen and oxygen atoms in total. The average Bonchev–Trinajstić information content (AvgIpc) is 3.40. The largest absolute Gasteiger partial charge is 0.444 e. The Bertz CT molecular complexity index is 1460. The van der Waals surface area contributed by atoms with Crippen LogP contribution in [0.5, 0.6) is 0 Å². The van der Waals surface area contributed by atoms with Crippen LogP contribution in [0.25, 0.3) is 11.6 Å². The molecule has 0 aliphatic carbocycles. The number of ether oxygens (including phenoxy) is 1. The molecule has 3 heterocycles. The van der Waals surface area contributed by atoms with Crippen LogP contribution in [0, 0.1) is 19.7 Å². The number of piperazine rings is 1. The van der Waals surface area contributed by atoms with Gasteiger partial charge in [0.2, 0.25) is 0 Å². The van der Waals surface area contributed by atoms with Gasteiger partial charge < -0.3 is 29.7 Å². The molecule has 0 unspecified atom stereocenters. The van der Waals surface area contributed by atoms with Gasteiger partial charge in [0, 0.05) is 56.2 Å². The Balaban J connectivity index is 1.55. The lowest BCUT2D eigenvalue weighted by atomic mass is 10.0. The van der Waals surface area contributed by atoms with Gasteiger partial charge in [-0.1, -0.05) is 13.8 Å². The van der Waals surface area contributed by atoms with E-state index in [1.54, 1.807) is 40.7 Å². The fraction of sp³-hybridized carbons (Fsp3) is 0.500. The number of urea groups is 1. The van der Waals surface area contributed by atoms with E-state index in [1.165, 1.54) is 28.0 Å². The number of halogens is 1. The first-order valence-electron chi connectivity index (χ1n) is 15.1. The van der Waals surface area contributed by atoms with E-state index in [4.69, 9.17) is 4.74 Å². The molecule has 2 aliphatic rings. The SMILES string of the molecule is CCN(CC)CCNC(=O)c1c(C)[nH]c(/C=C2\C(=O)N(C(=O)N3CCN(C(=O)OC(C)(C)C)CC3)c3ccc(F)cc32)c1C. The van der Waals surface area contributed by atoms with Gasteiger partial charge in [-0.2, -0.15) is 0 Å². The highest BCUT2D eigenvalue weighted by atomic mass is 19.1. The minimum absolute atomic E-state index is 0.137. The fourth-order valence-electron chi connectivity index (χ4n) is 5.50. The molecule has 4 rings (SSSR count). The summed E-state index contributed by atoms with van der Waals surface area (Å²) in [6, 6.07) is 3.31. The number of hydrogen-bond acceptors (Lipinski definition) is 6. The van der Waals surface area contributed by atoms with Gasteiger partial charge in [0.25, 0.3) is 11.8 Å². The molecule has 2 N–H and O–H groups in total. The van der Waals surface area contributed by atoms with Crippen molar-refractivity contribution in [3.63, 3.8) is 0 Å². The van der Waals surface area contributed by atoms with E-state index >= 15 is 0 Å². The molecule has 1 fully saturated rings. The van der Waals surface area contributed by atoms with Crippen molar-refractivity contribution < 1.29 is 28.3 Å². The number of aromatic amines is 1. The molecule has 5 amide bonds. The van der Waals surface area contributed by atoms with Crippen molar-refractivity contribution >= 4 is 41.3 Å². The molecule has 12 heteroatoms. The third kappa shape index (κ3) is 6.96. The Morgan fingerprint density at radius 1 is 1.07 bits per heavy atom. The Hall–Kier alpha value is -4.19. The first-order valence-corrected chi connectivity index (χ1v) is 15.1. The lowest BCUT2D eigenvalue weighted by Crippen LogP contribution is -2.55. The van der Waals surface area contributed by atoms with Crippen LogP contribution in [-0.4, -0.2) is 102 Å². The highest BCUT2D eigenvalue weighted by Gasteiger charge is 2.40. The van der Waals surface area contributed by atoms with E-state index in [9.17, 15) is 23.6 Å². The van der Waals surface area contributed by atoms with Crippen molar-refractivity contribution in [2.24, 2.45) is 0 Å². The molecule has 0 radical (unpaired) electrons. The quantitative estimate of drug-likeness (QED) is 0.449. The second-order valence-corrected chi connectivity index (χ2v) is 12.0. The summed E-state index contributed by atoms with van der Waals surface area (Å²) in [5.41, 5.74) is 2.34. The van der Waals surface area contributed by atoms with Crippen LogP contribution in [0.2, 0.25) is 0 Å². The Morgan fingerprint density at radius 2 is 1.70 bits per heavy atom. The number of carbonyl (C=O) groups is 4. The highest BCUT2D eigenvalue weighted by Crippen LogP contribution is 2.39. The molecule has 44 heavy (non-hydrogen) atoms. The standard InChI is InChI=1S/C32H43FN6O5/c1-8-36(9-2)13-12-34-28(40)27-20(3)25(35-21(27)4)19-24-23-18-22(33)10-11-26(23)39(29(24)41)30(42)37-14-16-38(17-15-37)31(43)44-32(5,6)7/h10-11,18-19,35H,8-9,12-17H2,1-7H3,(H,34,40)/b24-19-. The number of hydrogen-bond donors (Lipinski definition) is 2. The Morgan fingerprint density at radius 3 is 2.32 bits per heavy atom. The number of anilines is 1. The van der Waals surface area contributed by atoms with Crippen molar-refractivity contribution in [2.45, 2.75) is 54.1 Å². The fourth-order valence-corrected chi connectivity index (χ4v) is 5.50. The first-order chi connectivity index (χ1) is 20.7. The summed E-state index contributed by atoms with van der Waals surface area (Å²) in [6.45, 7) is 17.0. The van der Waals surface area contributed by atoms with E-state index in [0.29, 0.717) is 29.1 Å². The molecule has 238 valence electrons. The monoisotopic (exact) mass is 610 g/mol. The maximum atomic E-state index is 14.4. The molecule has 0 bridgehead atoms. The average molecular weight is 611 g/mol. The molecule has 1 aromatic heterocycles. The molecular formula is C32H43FN6O5. The van der Waals surface area contributed by atoms with Crippen LogP contribution in [0.15, 0.2) is 18.2 Å². The van der Waals surface area contributed by atoms with E-state index in [0.717, 1.165) is 24.5 Å². The van der Waals surface area contributed by atoms with Crippen LogP contribution in [-0.2, 0) is 9.53 Å². The minimum Gasteiger partial charge on any atom is -0.444 e. The third-order valence-corrected chi connectivity index (χ3v) is 7.92. The summed E-state index contributed by atoms with van der Waals surface area (Å²) in [5.74, 6) is -1.36. The minimum atomic E-state index is -0.639. The molecule has 2 aliphatic heterocycles. The number of nitrogens with one attached hydrogen (secondary N) is 2. The molecule has 2 aromatic rings. The van der Waals surface area contributed by atoms with E-state index in [2.05, 4.69) is 29.0 Å². The Kier molecular flexibility index (Phi) is 9.82. The van der Waals surface area contributed by atoms with Crippen molar-refractivity contribution in [1.29, 1.82) is 0 Å². The van der Waals surface area contributed by atoms with Crippen molar-refractivity contribution in [1.82, 2.24) is 25.0 Å². The summed E-state index contributed by atoms with van der Waals surface area (Å²) in [7, 11) is 0. The number of aryl methyl sites for hydroxylation is 1. The maximum Gasteiger partial charge on any atom is 0.410 e. The number of aromatic nitrogens is 1. The number of carbonyl (C=O) groups excluding carboxylic acids is 4. The topological polar surface area (TPSA) is 118 Å². The van der Waals surface area contributed by atoms with Crippen molar-refractivity contribution in [3.05, 3.63) is 52.1 Å². The Labute approximate surface area is 258 Å². The number of amides is 5. The second-order valence-electron chi connectivity index (χ2n) is 12.0. The third-order valence-electron chi connectivity index (χ3n) is 7.92. The van der Waals surface area contributed by atoms with Gasteiger partial charge in [-0.05, 0) is 77.5 Å². The van der Waals surface area contributed by atoms with E-state index in [1.807, 2.05) is 0 Å². The van der Waals surface area contributed by atoms with Crippen LogP contribution in [0.3, 0.4) is 0 Å². The van der Waals surface area contributed by atoms with Crippen LogP contribution >= 0.6 is 0 Å². The summed E-state index contributed by atoms with van der Waals surface area (Å²) in [4.78, 5) is 62.5. The first kappa shape index (κ1) is 32.7. The van der Waals surface area contributed by atoms with Crippen LogP contribution in [0.1, 0.15) is 67.5 Å². The molecule has 0 saturated carbocycles. The van der Waals surface area contributed by atoms with Crippen molar-refractivity contribution in [2.75, 3.05) is 57.3 Å². The summed E-state index contributed by atoms with van der Waals surface area (Å²) >= 11 is 0. The predicted octanol–water partition coefficient (Wildman–Crippen LogP) is 4.40. The molecule has 1 saturated heterocycles. The maximum absolute atomic E-state index is 14.4. The zero-order valence-corrected chi connectivity index (χ0v) is 26.7. The number of benzene rings is 1. The van der Waals surface area contributed by atoms with Gasteiger partial charge >= 0.3 is 12.1 Å². The van der Waals surface area contributed by atoms with Gasteiger partial charge in [-0.3, -0.25) is 9.59 Å². The van der Waals surface area contributed by atoms with Gasteiger partial charge in [0.1, 0.15) is 11.4 Å². The zero-order chi connectivity index (χ0) is 32.3. The normalized spacial score (nSPS) is 16.2. The molecular weight excluding hydrogens is 567 g/mol. The van der Waals surface area contributed by atoms with Crippen LogP contribution < -0.4 is 10.2 Å². The lowest BCUT2D eigenvalue weighted by Gasteiger charge is -2.36. The van der Waals surface area contributed by atoms with Crippen molar-refractivity contribution in [3.8, 4) is 0 Å². The number of H-pyrrole nitrogens is 1. The second kappa shape index (κ2) is 13.2. The summed E-state index contributed by atoms with van der Waals surface area (Å²) in [6.07, 6.45) is 1.12. The van der Waals surface area contributed by atoms with Gasteiger partial charge in [-0.15, -0.1) is 0 Å². The number of likely N-dealkylation sites (N-methyl/N-ethyl adjacent to an activating group) is 1. The molecule has 0 atom stereocenters. The van der Waals surface area contributed by atoms with Crippen LogP contribution in [0.4, 0.5) is 19.7 Å².